The predicted octanol–water partition coefficient (Wildman–Crippen LogP) is 2.94. The highest BCUT2D eigenvalue weighted by molar-refractivity contribution is 9.09. The number of carbonyl (C=O) groups excluding carboxylic acids is 1. The second kappa shape index (κ2) is 4.24. The Labute approximate surface area is 104 Å². The van der Waals surface area contributed by atoms with Crippen molar-refractivity contribution in [1.29, 1.82) is 0 Å². The summed E-state index contributed by atoms with van der Waals surface area (Å²) in [5, 5.41) is 3.93. The fourth-order valence-electron chi connectivity index (χ4n) is 2.06. The summed E-state index contributed by atoms with van der Waals surface area (Å²) in [5.41, 5.74) is 0.624. The zero-order valence-electron chi connectivity index (χ0n) is 9.60. The maximum atomic E-state index is 12.1. The molecular formula is C12H16BrNO2. The third-order valence-electron chi connectivity index (χ3n) is 3.23. The van der Waals surface area contributed by atoms with E-state index in [9.17, 15) is 4.79 Å². The number of amides is 1. The molecule has 0 radical (unpaired) electrons. The van der Waals surface area contributed by atoms with E-state index in [1.54, 1.807) is 6.07 Å². The quantitative estimate of drug-likeness (QED) is 0.868. The summed E-state index contributed by atoms with van der Waals surface area (Å²) in [7, 11) is 0. The molecule has 16 heavy (non-hydrogen) atoms. The van der Waals surface area contributed by atoms with Crippen molar-refractivity contribution in [2.75, 3.05) is 5.33 Å². The van der Waals surface area contributed by atoms with E-state index in [2.05, 4.69) is 21.2 Å². The lowest BCUT2D eigenvalue weighted by Gasteiger charge is -2.41. The van der Waals surface area contributed by atoms with Gasteiger partial charge in [0.25, 0.3) is 5.91 Å². The summed E-state index contributed by atoms with van der Waals surface area (Å²) in [6.45, 7) is 3.68. The molecule has 3 nitrogen and oxygen atoms in total. The van der Waals surface area contributed by atoms with Crippen molar-refractivity contribution in [1.82, 2.24) is 5.32 Å². The Hall–Kier alpha value is -0.770. The Bertz CT molecular complexity index is 402. The maximum Gasteiger partial charge on any atom is 0.255 e. The van der Waals surface area contributed by atoms with Crippen LogP contribution in [-0.2, 0) is 0 Å². The number of nitrogens with one attached hydrogen (secondary N) is 1. The Kier molecular flexibility index (Phi) is 3.10. The summed E-state index contributed by atoms with van der Waals surface area (Å²) in [5.74, 6) is 1.46. The summed E-state index contributed by atoms with van der Waals surface area (Å²) < 4.78 is 5.36. The Morgan fingerprint density at radius 3 is 2.62 bits per heavy atom. The van der Waals surface area contributed by atoms with Crippen LogP contribution in [0.5, 0.6) is 0 Å². The first-order chi connectivity index (χ1) is 7.56. The van der Waals surface area contributed by atoms with Gasteiger partial charge in [-0.3, -0.25) is 4.79 Å². The molecule has 0 aliphatic heterocycles. The van der Waals surface area contributed by atoms with E-state index in [1.807, 2.05) is 13.8 Å². The van der Waals surface area contributed by atoms with Gasteiger partial charge in [-0.2, -0.15) is 0 Å². The molecule has 1 aliphatic carbocycles. The number of rotatable bonds is 3. The van der Waals surface area contributed by atoms with Crippen LogP contribution in [0.1, 0.15) is 41.1 Å². The van der Waals surface area contributed by atoms with Crippen LogP contribution >= 0.6 is 15.9 Å². The van der Waals surface area contributed by atoms with Crippen molar-refractivity contribution in [3.63, 3.8) is 0 Å². The fourth-order valence-corrected chi connectivity index (χ4v) is 2.76. The first-order valence-corrected chi connectivity index (χ1v) is 6.64. The third-order valence-corrected chi connectivity index (χ3v) is 4.30. The number of halogens is 1. The van der Waals surface area contributed by atoms with Gasteiger partial charge >= 0.3 is 0 Å². The van der Waals surface area contributed by atoms with Crippen molar-refractivity contribution in [2.45, 2.75) is 38.6 Å². The lowest BCUT2D eigenvalue weighted by atomic mass is 9.78. The van der Waals surface area contributed by atoms with E-state index >= 15 is 0 Å². The molecule has 0 spiro atoms. The highest BCUT2D eigenvalue weighted by Crippen LogP contribution is 2.33. The van der Waals surface area contributed by atoms with Crippen LogP contribution in [0, 0.1) is 13.8 Å². The minimum absolute atomic E-state index is 0.0199. The lowest BCUT2D eigenvalue weighted by Crippen LogP contribution is -2.54. The summed E-state index contributed by atoms with van der Waals surface area (Å²) in [4.78, 5) is 12.1. The molecule has 1 N–H and O–H groups in total. The number of alkyl halides is 1. The van der Waals surface area contributed by atoms with Crippen molar-refractivity contribution in [3.8, 4) is 0 Å². The number of hydrogen-bond acceptors (Lipinski definition) is 2. The average molecular weight is 286 g/mol. The topological polar surface area (TPSA) is 42.2 Å². The second-order valence-corrected chi connectivity index (χ2v) is 5.11. The first kappa shape index (κ1) is 11.7. The molecule has 88 valence electrons. The molecule has 0 atom stereocenters. The Morgan fingerprint density at radius 1 is 1.56 bits per heavy atom. The smallest absolute Gasteiger partial charge is 0.255 e. The molecule has 0 unspecified atom stereocenters. The summed E-state index contributed by atoms with van der Waals surface area (Å²) >= 11 is 3.47. The number of furan rings is 1. The van der Waals surface area contributed by atoms with Gasteiger partial charge in [-0.05, 0) is 39.2 Å². The van der Waals surface area contributed by atoms with Crippen LogP contribution in [0.15, 0.2) is 10.5 Å². The largest absolute Gasteiger partial charge is 0.466 e. The molecule has 0 aromatic carbocycles. The zero-order chi connectivity index (χ0) is 11.8. The number of carbonyl (C=O) groups is 1. The van der Waals surface area contributed by atoms with Gasteiger partial charge < -0.3 is 9.73 Å². The van der Waals surface area contributed by atoms with Crippen molar-refractivity contribution in [2.24, 2.45) is 0 Å². The van der Waals surface area contributed by atoms with Gasteiger partial charge in [-0.15, -0.1) is 0 Å². The van der Waals surface area contributed by atoms with Crippen LogP contribution in [0.25, 0.3) is 0 Å². The van der Waals surface area contributed by atoms with E-state index in [4.69, 9.17) is 4.42 Å². The van der Waals surface area contributed by atoms with E-state index in [-0.39, 0.29) is 11.4 Å². The second-order valence-electron chi connectivity index (χ2n) is 4.55. The van der Waals surface area contributed by atoms with Crippen LogP contribution in [-0.4, -0.2) is 16.8 Å². The molecule has 2 rings (SSSR count). The van der Waals surface area contributed by atoms with Crippen LogP contribution in [0.4, 0.5) is 0 Å². The molecule has 4 heteroatoms. The highest BCUT2D eigenvalue weighted by Gasteiger charge is 2.37. The van der Waals surface area contributed by atoms with Gasteiger partial charge in [0.15, 0.2) is 0 Å². The fraction of sp³-hybridized carbons (Fsp3) is 0.583. The minimum atomic E-state index is -0.0330. The van der Waals surface area contributed by atoms with Crippen molar-refractivity contribution >= 4 is 21.8 Å². The van der Waals surface area contributed by atoms with E-state index in [0.717, 1.165) is 23.9 Å². The van der Waals surface area contributed by atoms with E-state index < -0.39 is 0 Å². The van der Waals surface area contributed by atoms with Crippen molar-refractivity contribution < 1.29 is 9.21 Å². The molecular weight excluding hydrogens is 270 g/mol. The van der Waals surface area contributed by atoms with E-state index in [1.165, 1.54) is 6.42 Å². The molecule has 0 bridgehead atoms. The van der Waals surface area contributed by atoms with Crippen LogP contribution < -0.4 is 5.32 Å². The molecule has 1 aromatic rings. The number of hydrogen-bond donors (Lipinski definition) is 1. The molecule has 1 saturated carbocycles. The maximum absolute atomic E-state index is 12.1. The summed E-state index contributed by atoms with van der Waals surface area (Å²) in [6, 6.07) is 1.80. The summed E-state index contributed by atoms with van der Waals surface area (Å²) in [6.07, 6.45) is 3.30. The molecule has 1 fully saturated rings. The van der Waals surface area contributed by atoms with Crippen LogP contribution in [0.3, 0.4) is 0 Å². The van der Waals surface area contributed by atoms with Gasteiger partial charge in [0.1, 0.15) is 11.5 Å². The van der Waals surface area contributed by atoms with Gasteiger partial charge in [0.2, 0.25) is 0 Å². The Balaban J connectivity index is 2.11. The molecule has 1 aliphatic rings. The van der Waals surface area contributed by atoms with Gasteiger partial charge in [-0.25, -0.2) is 0 Å². The Morgan fingerprint density at radius 2 is 2.25 bits per heavy atom. The molecule has 0 saturated heterocycles. The first-order valence-electron chi connectivity index (χ1n) is 5.52. The van der Waals surface area contributed by atoms with E-state index in [0.29, 0.717) is 11.3 Å². The lowest BCUT2D eigenvalue weighted by molar-refractivity contribution is 0.0855. The van der Waals surface area contributed by atoms with Crippen molar-refractivity contribution in [3.05, 3.63) is 23.2 Å². The predicted molar refractivity (Wildman–Crippen MR) is 66.0 cm³/mol. The van der Waals surface area contributed by atoms with Gasteiger partial charge in [0, 0.05) is 5.33 Å². The van der Waals surface area contributed by atoms with Gasteiger partial charge in [-0.1, -0.05) is 15.9 Å². The molecule has 1 heterocycles. The van der Waals surface area contributed by atoms with Crippen LogP contribution in [0.2, 0.25) is 0 Å². The molecule has 1 aromatic heterocycles. The number of aryl methyl sites for hydroxylation is 2. The third kappa shape index (κ3) is 2.03. The highest BCUT2D eigenvalue weighted by atomic mass is 79.9. The zero-order valence-corrected chi connectivity index (χ0v) is 11.2. The minimum Gasteiger partial charge on any atom is -0.466 e. The SMILES string of the molecule is Cc1cc(C(=O)NC2(CBr)CCC2)c(C)o1. The normalized spacial score (nSPS) is 17.9. The monoisotopic (exact) mass is 285 g/mol. The molecule has 1 amide bonds. The average Bonchev–Trinajstić information content (AvgIpc) is 2.51. The van der Waals surface area contributed by atoms with Gasteiger partial charge in [0.05, 0.1) is 11.1 Å². The standard InChI is InChI=1S/C12H16BrNO2/c1-8-6-10(9(2)16-8)11(15)14-12(7-13)4-3-5-12/h6H,3-5,7H2,1-2H3,(H,14,15).